The first-order chi connectivity index (χ1) is 11.6. The number of nitrogens with zero attached hydrogens (tertiary/aromatic N) is 2. The first-order valence-electron chi connectivity index (χ1n) is 8.40. The molecule has 1 aliphatic rings. The van der Waals surface area contributed by atoms with Gasteiger partial charge in [0.15, 0.2) is 0 Å². The maximum Gasteiger partial charge on any atom is 0.237 e. The highest BCUT2D eigenvalue weighted by Crippen LogP contribution is 2.24. The number of carbonyl (C=O) groups is 1. The molecule has 2 N–H and O–H groups in total. The van der Waals surface area contributed by atoms with Crippen molar-refractivity contribution >= 4 is 5.91 Å². The lowest BCUT2D eigenvalue weighted by molar-refractivity contribution is -0.122. The van der Waals surface area contributed by atoms with Crippen LogP contribution in [0.4, 0.5) is 4.39 Å². The number of carbonyl (C=O) groups excluding carboxylic acids is 1. The summed E-state index contributed by atoms with van der Waals surface area (Å²) < 4.78 is 15.7. The van der Waals surface area contributed by atoms with E-state index in [9.17, 15) is 9.18 Å². The average Bonchev–Trinajstić information content (AvgIpc) is 3.08. The van der Waals surface area contributed by atoms with E-state index in [2.05, 4.69) is 20.2 Å². The van der Waals surface area contributed by atoms with Crippen LogP contribution in [0.3, 0.4) is 0 Å². The van der Waals surface area contributed by atoms with Gasteiger partial charge in [0, 0.05) is 43.5 Å². The van der Waals surface area contributed by atoms with Gasteiger partial charge in [-0.15, -0.1) is 0 Å². The summed E-state index contributed by atoms with van der Waals surface area (Å²) in [5.41, 5.74) is 0.493. The molecule has 0 fully saturated rings. The third-order valence-electron chi connectivity index (χ3n) is 4.54. The number of aromatic nitrogens is 2. The van der Waals surface area contributed by atoms with Gasteiger partial charge in [-0.05, 0) is 25.8 Å². The van der Waals surface area contributed by atoms with Crippen LogP contribution >= 0.6 is 0 Å². The Balaban J connectivity index is 1.48. The smallest absolute Gasteiger partial charge is 0.237 e. The Morgan fingerprint density at radius 3 is 3.12 bits per heavy atom. The number of nitrogens with one attached hydrogen (secondary N) is 2. The number of halogens is 1. The number of benzene rings is 1. The van der Waals surface area contributed by atoms with Crippen LogP contribution in [0.2, 0.25) is 0 Å². The second-order valence-electron chi connectivity index (χ2n) is 6.26. The Kier molecular flexibility index (Phi) is 5.25. The highest BCUT2D eigenvalue weighted by molar-refractivity contribution is 5.81. The van der Waals surface area contributed by atoms with E-state index < -0.39 is 0 Å². The van der Waals surface area contributed by atoms with Crippen LogP contribution in [0.1, 0.15) is 37.1 Å². The summed E-state index contributed by atoms with van der Waals surface area (Å²) in [4.78, 5) is 16.6. The van der Waals surface area contributed by atoms with Crippen molar-refractivity contribution in [3.8, 4) is 0 Å². The van der Waals surface area contributed by atoms with Gasteiger partial charge in [0.05, 0.1) is 6.04 Å². The fourth-order valence-corrected chi connectivity index (χ4v) is 3.09. The number of fused-ring (bicyclic) bond motifs is 1. The minimum absolute atomic E-state index is 0.127. The van der Waals surface area contributed by atoms with E-state index in [-0.39, 0.29) is 24.3 Å². The number of imidazole rings is 1. The maximum absolute atomic E-state index is 13.6. The SMILES string of the molecule is C[C@@H](NC[C@H]1CCCn2ccnc21)C(=O)NCc1ccccc1F. The van der Waals surface area contributed by atoms with Gasteiger partial charge >= 0.3 is 0 Å². The van der Waals surface area contributed by atoms with E-state index in [0.717, 1.165) is 25.2 Å². The Hall–Kier alpha value is -2.21. The van der Waals surface area contributed by atoms with Crippen molar-refractivity contribution in [2.24, 2.45) is 0 Å². The van der Waals surface area contributed by atoms with Gasteiger partial charge in [-0.2, -0.15) is 0 Å². The van der Waals surface area contributed by atoms with Crippen LogP contribution in [-0.4, -0.2) is 28.0 Å². The Bertz CT molecular complexity index is 700. The molecule has 1 aromatic carbocycles. The molecule has 128 valence electrons. The third kappa shape index (κ3) is 3.82. The fourth-order valence-electron chi connectivity index (χ4n) is 3.09. The molecule has 24 heavy (non-hydrogen) atoms. The van der Waals surface area contributed by atoms with Crippen molar-refractivity contribution in [3.05, 3.63) is 53.9 Å². The van der Waals surface area contributed by atoms with E-state index >= 15 is 0 Å². The largest absolute Gasteiger partial charge is 0.351 e. The van der Waals surface area contributed by atoms with E-state index in [1.165, 1.54) is 6.07 Å². The molecule has 5 nitrogen and oxygen atoms in total. The monoisotopic (exact) mass is 330 g/mol. The molecule has 3 rings (SSSR count). The minimum atomic E-state index is -0.331. The predicted molar refractivity (Wildman–Crippen MR) is 89.9 cm³/mol. The zero-order valence-electron chi connectivity index (χ0n) is 13.8. The average molecular weight is 330 g/mol. The van der Waals surface area contributed by atoms with Crippen molar-refractivity contribution in [3.63, 3.8) is 0 Å². The van der Waals surface area contributed by atoms with Crippen molar-refractivity contribution in [1.82, 2.24) is 20.2 Å². The molecular formula is C18H23FN4O. The quantitative estimate of drug-likeness (QED) is 0.854. The van der Waals surface area contributed by atoms with Crippen LogP contribution in [0.25, 0.3) is 0 Å². The normalized spacial score (nSPS) is 18.0. The van der Waals surface area contributed by atoms with Gasteiger partial charge in [-0.25, -0.2) is 9.37 Å². The molecule has 1 aliphatic heterocycles. The first-order valence-corrected chi connectivity index (χ1v) is 8.40. The standard InChI is InChI=1S/C18H23FN4O/c1-13(18(24)22-11-14-5-2-3-7-16(14)19)21-12-15-6-4-9-23-10-8-20-17(15)23/h2-3,5,7-8,10,13,15,21H,4,6,9,11-12H2,1H3,(H,22,24)/t13-,15-/m1/s1. The van der Waals surface area contributed by atoms with E-state index in [1.54, 1.807) is 18.2 Å². The molecule has 2 aromatic rings. The number of rotatable bonds is 6. The van der Waals surface area contributed by atoms with Gasteiger partial charge in [0.1, 0.15) is 11.6 Å². The Morgan fingerprint density at radius 2 is 2.29 bits per heavy atom. The van der Waals surface area contributed by atoms with Crippen LogP contribution in [-0.2, 0) is 17.9 Å². The lowest BCUT2D eigenvalue weighted by Gasteiger charge is -2.25. The molecule has 0 unspecified atom stereocenters. The summed E-state index contributed by atoms with van der Waals surface area (Å²) in [6.07, 6.45) is 6.04. The van der Waals surface area contributed by atoms with Gasteiger partial charge in [0.2, 0.25) is 5.91 Å². The Morgan fingerprint density at radius 1 is 1.46 bits per heavy atom. The van der Waals surface area contributed by atoms with Crippen molar-refractivity contribution in [2.75, 3.05) is 6.54 Å². The predicted octanol–water partition coefficient (Wildman–Crippen LogP) is 2.19. The first kappa shape index (κ1) is 16.6. The number of hydrogen-bond donors (Lipinski definition) is 2. The van der Waals surface area contributed by atoms with Gasteiger partial charge in [-0.3, -0.25) is 4.79 Å². The summed E-state index contributed by atoms with van der Waals surface area (Å²) in [7, 11) is 0. The number of hydrogen-bond acceptors (Lipinski definition) is 3. The molecule has 0 bridgehead atoms. The van der Waals surface area contributed by atoms with Gasteiger partial charge in [-0.1, -0.05) is 18.2 Å². The highest BCUT2D eigenvalue weighted by atomic mass is 19.1. The molecule has 0 saturated heterocycles. The van der Waals surface area contributed by atoms with Crippen molar-refractivity contribution < 1.29 is 9.18 Å². The summed E-state index contributed by atoms with van der Waals surface area (Å²) in [5, 5.41) is 6.05. The highest BCUT2D eigenvalue weighted by Gasteiger charge is 2.22. The minimum Gasteiger partial charge on any atom is -0.351 e. The molecule has 0 radical (unpaired) electrons. The molecule has 1 aromatic heterocycles. The number of aryl methyl sites for hydroxylation is 1. The second kappa shape index (κ2) is 7.57. The molecule has 1 amide bonds. The Labute approximate surface area is 141 Å². The van der Waals surface area contributed by atoms with Crippen LogP contribution in [0.15, 0.2) is 36.7 Å². The summed E-state index contributed by atoms with van der Waals surface area (Å²) >= 11 is 0. The zero-order valence-corrected chi connectivity index (χ0v) is 13.8. The number of amides is 1. The summed E-state index contributed by atoms with van der Waals surface area (Å²) in [5.74, 6) is 0.994. The van der Waals surface area contributed by atoms with E-state index in [1.807, 2.05) is 19.3 Å². The van der Waals surface area contributed by atoms with Crippen molar-refractivity contribution in [1.29, 1.82) is 0 Å². The molecule has 0 aliphatic carbocycles. The van der Waals surface area contributed by atoms with Crippen LogP contribution in [0, 0.1) is 5.82 Å². The molecular weight excluding hydrogens is 307 g/mol. The third-order valence-corrected chi connectivity index (χ3v) is 4.54. The molecule has 6 heteroatoms. The van der Waals surface area contributed by atoms with E-state index in [4.69, 9.17) is 0 Å². The van der Waals surface area contributed by atoms with Gasteiger partial charge < -0.3 is 15.2 Å². The van der Waals surface area contributed by atoms with Crippen LogP contribution < -0.4 is 10.6 Å². The second-order valence-corrected chi connectivity index (χ2v) is 6.26. The molecule has 2 heterocycles. The zero-order chi connectivity index (χ0) is 16.9. The summed E-state index contributed by atoms with van der Waals surface area (Å²) in [6.45, 7) is 3.76. The lowest BCUT2D eigenvalue weighted by atomic mass is 9.98. The summed E-state index contributed by atoms with van der Waals surface area (Å²) in [6, 6.07) is 6.14. The molecule has 0 saturated carbocycles. The van der Waals surface area contributed by atoms with E-state index in [0.29, 0.717) is 18.0 Å². The molecule has 2 atom stereocenters. The van der Waals surface area contributed by atoms with Crippen LogP contribution in [0.5, 0.6) is 0 Å². The lowest BCUT2D eigenvalue weighted by Crippen LogP contribution is -2.43. The maximum atomic E-state index is 13.6. The fraction of sp³-hybridized carbons (Fsp3) is 0.444. The molecule has 0 spiro atoms. The van der Waals surface area contributed by atoms with Crippen molar-refractivity contribution in [2.45, 2.75) is 44.8 Å². The topological polar surface area (TPSA) is 59.0 Å². The van der Waals surface area contributed by atoms with Gasteiger partial charge in [0.25, 0.3) is 0 Å².